The molecule has 0 saturated carbocycles. The molecule has 0 spiro atoms. The SMILES string of the molecule is CCOC(=O)c1c(C)[nH]c(C)c1S(=O)(=O)Nc1ccc(F)c(Cl)c1. The number of ether oxygens (including phenoxy) is 1. The number of nitrogens with one attached hydrogen (secondary N) is 2. The maximum Gasteiger partial charge on any atom is 0.341 e. The lowest BCUT2D eigenvalue weighted by Crippen LogP contribution is -2.18. The molecular weight excluding hydrogens is 359 g/mol. The van der Waals surface area contributed by atoms with Crippen molar-refractivity contribution in [3.05, 3.63) is 46.0 Å². The van der Waals surface area contributed by atoms with Crippen LogP contribution in [-0.2, 0) is 14.8 Å². The molecule has 9 heteroatoms. The highest BCUT2D eigenvalue weighted by molar-refractivity contribution is 7.92. The lowest BCUT2D eigenvalue weighted by molar-refractivity contribution is 0.0521. The molecule has 2 rings (SSSR count). The summed E-state index contributed by atoms with van der Waals surface area (Å²) in [6.07, 6.45) is 0. The minimum absolute atomic E-state index is 0.0601. The van der Waals surface area contributed by atoms with Crippen LogP contribution < -0.4 is 4.72 Å². The van der Waals surface area contributed by atoms with Gasteiger partial charge in [0.15, 0.2) is 0 Å². The van der Waals surface area contributed by atoms with Gasteiger partial charge in [-0.1, -0.05) is 11.6 Å². The van der Waals surface area contributed by atoms with Crippen LogP contribution in [0.1, 0.15) is 28.7 Å². The molecule has 2 N–H and O–H groups in total. The molecule has 0 aliphatic rings. The molecular formula is C15H16ClFN2O4S. The van der Waals surface area contributed by atoms with Crippen LogP contribution in [0.3, 0.4) is 0 Å². The van der Waals surface area contributed by atoms with Crippen molar-refractivity contribution in [2.24, 2.45) is 0 Å². The topological polar surface area (TPSA) is 88.3 Å². The third kappa shape index (κ3) is 3.54. The van der Waals surface area contributed by atoms with Crippen molar-refractivity contribution in [3.8, 4) is 0 Å². The zero-order chi connectivity index (χ0) is 18.1. The number of hydrogen-bond acceptors (Lipinski definition) is 4. The summed E-state index contributed by atoms with van der Waals surface area (Å²) in [6, 6.07) is 3.42. The number of aryl methyl sites for hydroxylation is 2. The van der Waals surface area contributed by atoms with E-state index in [0.717, 1.165) is 12.1 Å². The maximum atomic E-state index is 13.2. The number of aromatic nitrogens is 1. The fraction of sp³-hybridized carbons (Fsp3) is 0.267. The second kappa shape index (κ2) is 6.82. The summed E-state index contributed by atoms with van der Waals surface area (Å²) >= 11 is 5.66. The molecule has 0 atom stereocenters. The Morgan fingerprint density at radius 2 is 2.00 bits per heavy atom. The molecule has 130 valence electrons. The number of halogens is 2. The van der Waals surface area contributed by atoms with Gasteiger partial charge in [-0.25, -0.2) is 17.6 Å². The predicted octanol–water partition coefficient (Wildman–Crippen LogP) is 3.40. The summed E-state index contributed by atoms with van der Waals surface area (Å²) in [5.41, 5.74) is 0.684. The van der Waals surface area contributed by atoms with Crippen molar-refractivity contribution in [2.45, 2.75) is 25.7 Å². The Labute approximate surface area is 144 Å². The highest BCUT2D eigenvalue weighted by Gasteiger charge is 2.30. The number of H-pyrrole nitrogens is 1. The molecule has 0 aliphatic heterocycles. The third-order valence-corrected chi connectivity index (χ3v) is 5.08. The Morgan fingerprint density at radius 3 is 2.58 bits per heavy atom. The Bertz CT molecular complexity index is 893. The van der Waals surface area contributed by atoms with Gasteiger partial charge in [-0.2, -0.15) is 0 Å². The van der Waals surface area contributed by atoms with E-state index in [2.05, 4.69) is 9.71 Å². The number of carbonyl (C=O) groups excluding carboxylic acids is 1. The third-order valence-electron chi connectivity index (χ3n) is 3.24. The molecule has 6 nitrogen and oxygen atoms in total. The van der Waals surface area contributed by atoms with Gasteiger partial charge in [0.1, 0.15) is 16.3 Å². The van der Waals surface area contributed by atoms with Gasteiger partial charge in [0.2, 0.25) is 0 Å². The molecule has 0 amide bonds. The standard InChI is InChI=1S/C15H16ClFN2O4S/c1-4-23-15(20)13-8(2)18-9(3)14(13)24(21,22)19-10-5-6-12(17)11(16)7-10/h5-7,18-19H,4H2,1-3H3. The molecule has 24 heavy (non-hydrogen) atoms. The molecule has 0 aliphatic carbocycles. The average Bonchev–Trinajstić information content (AvgIpc) is 2.78. The van der Waals surface area contributed by atoms with E-state index >= 15 is 0 Å². The van der Waals surface area contributed by atoms with E-state index in [1.54, 1.807) is 13.8 Å². The molecule has 2 aromatic rings. The summed E-state index contributed by atoms with van der Waals surface area (Å²) in [7, 11) is -4.11. The fourth-order valence-corrected chi connectivity index (χ4v) is 3.99. The van der Waals surface area contributed by atoms with Gasteiger partial charge in [0.05, 0.1) is 17.3 Å². The normalized spacial score (nSPS) is 11.4. The predicted molar refractivity (Wildman–Crippen MR) is 88.4 cm³/mol. The average molecular weight is 375 g/mol. The number of aromatic amines is 1. The second-order valence-electron chi connectivity index (χ2n) is 5.03. The summed E-state index contributed by atoms with van der Waals surface area (Å²) in [5.74, 6) is -1.41. The number of hydrogen-bond donors (Lipinski definition) is 2. The minimum atomic E-state index is -4.11. The van der Waals surface area contributed by atoms with Crippen molar-refractivity contribution in [3.63, 3.8) is 0 Å². The van der Waals surface area contributed by atoms with Crippen LogP contribution in [0, 0.1) is 19.7 Å². The number of sulfonamides is 1. The maximum absolute atomic E-state index is 13.2. The van der Waals surface area contributed by atoms with Crippen LogP contribution in [0.2, 0.25) is 5.02 Å². The van der Waals surface area contributed by atoms with Gasteiger partial charge in [0, 0.05) is 11.4 Å². The monoisotopic (exact) mass is 374 g/mol. The smallest absolute Gasteiger partial charge is 0.341 e. The molecule has 0 saturated heterocycles. The van der Waals surface area contributed by atoms with E-state index in [0.29, 0.717) is 5.69 Å². The molecule has 0 unspecified atom stereocenters. The number of esters is 1. The Balaban J connectivity index is 2.49. The molecule has 1 aromatic carbocycles. The Hall–Kier alpha value is -2.06. The Morgan fingerprint density at radius 1 is 1.33 bits per heavy atom. The zero-order valence-electron chi connectivity index (χ0n) is 13.2. The van der Waals surface area contributed by atoms with Gasteiger partial charge < -0.3 is 9.72 Å². The zero-order valence-corrected chi connectivity index (χ0v) is 14.8. The van der Waals surface area contributed by atoms with Crippen molar-refractivity contribution in [1.82, 2.24) is 4.98 Å². The minimum Gasteiger partial charge on any atom is -0.462 e. The quantitative estimate of drug-likeness (QED) is 0.785. The lowest BCUT2D eigenvalue weighted by Gasteiger charge is -2.10. The van der Waals surface area contributed by atoms with Crippen LogP contribution in [-0.4, -0.2) is 26.0 Å². The van der Waals surface area contributed by atoms with Gasteiger partial charge in [-0.05, 0) is 39.0 Å². The first-order valence-electron chi connectivity index (χ1n) is 7.01. The first-order valence-corrected chi connectivity index (χ1v) is 8.87. The highest BCUT2D eigenvalue weighted by atomic mass is 35.5. The van der Waals surface area contributed by atoms with Crippen molar-refractivity contribution < 1.29 is 22.3 Å². The van der Waals surface area contributed by atoms with E-state index < -0.39 is 21.8 Å². The molecule has 0 fully saturated rings. The molecule has 0 bridgehead atoms. The van der Waals surface area contributed by atoms with Gasteiger partial charge in [-0.15, -0.1) is 0 Å². The highest BCUT2D eigenvalue weighted by Crippen LogP contribution is 2.28. The van der Waals surface area contributed by atoms with Crippen molar-refractivity contribution >= 4 is 33.3 Å². The summed E-state index contributed by atoms with van der Waals surface area (Å²) < 4.78 is 45.8. The number of anilines is 1. The van der Waals surface area contributed by atoms with Gasteiger partial charge >= 0.3 is 5.97 Å². The Kier molecular flexibility index (Phi) is 5.19. The van der Waals surface area contributed by atoms with E-state index in [1.165, 1.54) is 13.0 Å². The summed E-state index contributed by atoms with van der Waals surface area (Å²) in [5, 5.41) is -0.220. The number of benzene rings is 1. The molecule has 0 radical (unpaired) electrons. The van der Waals surface area contributed by atoms with Gasteiger partial charge in [-0.3, -0.25) is 4.72 Å². The summed E-state index contributed by atoms with van der Waals surface area (Å²) in [4.78, 5) is 14.7. The van der Waals surface area contributed by atoms with Crippen molar-refractivity contribution in [1.29, 1.82) is 0 Å². The van der Waals surface area contributed by atoms with Crippen molar-refractivity contribution in [2.75, 3.05) is 11.3 Å². The number of carbonyl (C=O) groups is 1. The van der Waals surface area contributed by atoms with Crippen LogP contribution in [0.15, 0.2) is 23.1 Å². The first kappa shape index (κ1) is 18.3. The van der Waals surface area contributed by atoms with Gasteiger partial charge in [0.25, 0.3) is 10.0 Å². The summed E-state index contributed by atoms with van der Waals surface area (Å²) in [6.45, 7) is 4.84. The number of rotatable bonds is 5. The van der Waals surface area contributed by atoms with E-state index in [4.69, 9.17) is 16.3 Å². The van der Waals surface area contributed by atoms with Crippen LogP contribution in [0.25, 0.3) is 0 Å². The van der Waals surface area contributed by atoms with E-state index in [-0.39, 0.29) is 33.5 Å². The second-order valence-corrected chi connectivity index (χ2v) is 7.06. The first-order chi connectivity index (χ1) is 11.2. The van der Waals surface area contributed by atoms with E-state index in [1.807, 2.05) is 0 Å². The molecule has 1 heterocycles. The van der Waals surface area contributed by atoms with E-state index in [9.17, 15) is 17.6 Å². The van der Waals surface area contributed by atoms with Crippen LogP contribution >= 0.6 is 11.6 Å². The fourth-order valence-electron chi connectivity index (χ4n) is 2.31. The molecule has 1 aromatic heterocycles. The van der Waals surface area contributed by atoms with Crippen LogP contribution in [0.5, 0.6) is 0 Å². The lowest BCUT2D eigenvalue weighted by atomic mass is 10.2. The largest absolute Gasteiger partial charge is 0.462 e. The van der Waals surface area contributed by atoms with Crippen LogP contribution in [0.4, 0.5) is 10.1 Å².